The monoisotopic (exact) mass is 234 g/mol. The minimum atomic E-state index is -0.750. The molecular formula is C14H18O3. The summed E-state index contributed by atoms with van der Waals surface area (Å²) in [6.07, 6.45) is 0.916. The van der Waals surface area contributed by atoms with Crippen molar-refractivity contribution in [3.05, 3.63) is 29.3 Å². The predicted molar refractivity (Wildman–Crippen MR) is 65.5 cm³/mol. The third-order valence-corrected chi connectivity index (χ3v) is 3.15. The van der Waals surface area contributed by atoms with Crippen LogP contribution >= 0.6 is 0 Å². The molecule has 0 fully saturated rings. The molecule has 0 amide bonds. The van der Waals surface area contributed by atoms with Crippen LogP contribution in [0.2, 0.25) is 0 Å². The first-order valence-electron chi connectivity index (χ1n) is 5.89. The Morgan fingerprint density at radius 2 is 2.24 bits per heavy atom. The fraction of sp³-hybridized carbons (Fsp3) is 0.500. The van der Waals surface area contributed by atoms with Gasteiger partial charge in [0.25, 0.3) is 0 Å². The van der Waals surface area contributed by atoms with Gasteiger partial charge in [-0.1, -0.05) is 17.7 Å². The highest BCUT2D eigenvalue weighted by atomic mass is 16.5. The number of ether oxygens (including phenoxy) is 1. The molecule has 1 N–H and O–H groups in total. The first-order valence-corrected chi connectivity index (χ1v) is 5.89. The van der Waals surface area contributed by atoms with Gasteiger partial charge in [-0.15, -0.1) is 0 Å². The Balaban J connectivity index is 2.40. The maximum atomic E-state index is 10.9. The second-order valence-electron chi connectivity index (χ2n) is 5.40. The second kappa shape index (κ2) is 4.06. The molecule has 0 spiro atoms. The summed E-state index contributed by atoms with van der Waals surface area (Å²) in [6, 6.07) is 5.98. The van der Waals surface area contributed by atoms with E-state index in [-0.39, 0.29) is 17.9 Å². The molecule has 3 nitrogen and oxygen atoms in total. The van der Waals surface area contributed by atoms with Crippen molar-refractivity contribution in [2.45, 2.75) is 45.1 Å². The lowest BCUT2D eigenvalue weighted by molar-refractivity contribution is -0.137. The highest BCUT2D eigenvalue weighted by Crippen LogP contribution is 2.42. The van der Waals surface area contributed by atoms with Gasteiger partial charge in [-0.2, -0.15) is 0 Å². The summed E-state index contributed by atoms with van der Waals surface area (Å²) in [7, 11) is 0. The molecule has 0 aliphatic carbocycles. The minimum absolute atomic E-state index is 0.0474. The van der Waals surface area contributed by atoms with Crippen LogP contribution in [-0.2, 0) is 4.79 Å². The highest BCUT2D eigenvalue weighted by Gasteiger charge is 2.34. The fourth-order valence-corrected chi connectivity index (χ4v) is 2.52. The molecule has 17 heavy (non-hydrogen) atoms. The molecule has 0 radical (unpaired) electrons. The summed E-state index contributed by atoms with van der Waals surface area (Å²) in [5.74, 6) is 0.129. The van der Waals surface area contributed by atoms with Crippen LogP contribution in [0.25, 0.3) is 0 Å². The zero-order valence-corrected chi connectivity index (χ0v) is 10.5. The number of carboxylic acids is 1. The molecule has 2 rings (SSSR count). The van der Waals surface area contributed by atoms with E-state index in [1.807, 2.05) is 39.0 Å². The molecule has 1 aliphatic rings. The Labute approximate surface area is 101 Å². The van der Waals surface area contributed by atoms with Gasteiger partial charge in [0, 0.05) is 5.92 Å². The van der Waals surface area contributed by atoms with Crippen LogP contribution in [0.1, 0.15) is 43.7 Å². The minimum Gasteiger partial charge on any atom is -0.488 e. The Bertz CT molecular complexity index is 449. The maximum Gasteiger partial charge on any atom is 0.303 e. The number of rotatable bonds is 2. The van der Waals surface area contributed by atoms with E-state index in [0.717, 1.165) is 23.3 Å². The molecule has 0 saturated carbocycles. The van der Waals surface area contributed by atoms with E-state index in [1.54, 1.807) is 0 Å². The number of aryl methyl sites for hydroxylation is 1. The zero-order valence-electron chi connectivity index (χ0n) is 10.5. The number of carboxylic acid groups (broad SMARTS) is 1. The average Bonchev–Trinajstić information content (AvgIpc) is 2.17. The first-order chi connectivity index (χ1) is 7.87. The molecule has 1 aromatic carbocycles. The fourth-order valence-electron chi connectivity index (χ4n) is 2.52. The summed E-state index contributed by atoms with van der Waals surface area (Å²) in [6.45, 7) is 6.02. The first kappa shape index (κ1) is 12.0. The molecule has 1 aromatic rings. The molecule has 3 heteroatoms. The smallest absolute Gasteiger partial charge is 0.303 e. The summed E-state index contributed by atoms with van der Waals surface area (Å²) in [5, 5.41) is 8.99. The SMILES string of the molecule is Cc1ccc2c(c1)C(CC(=O)O)CC(C)(C)O2. The van der Waals surface area contributed by atoms with E-state index in [0.29, 0.717) is 0 Å². The number of fused-ring (bicyclic) bond motifs is 1. The van der Waals surface area contributed by atoms with E-state index >= 15 is 0 Å². The highest BCUT2D eigenvalue weighted by molar-refractivity contribution is 5.68. The van der Waals surface area contributed by atoms with Crippen LogP contribution < -0.4 is 4.74 Å². The van der Waals surface area contributed by atoms with Crippen molar-refractivity contribution >= 4 is 5.97 Å². The number of hydrogen-bond donors (Lipinski definition) is 1. The molecule has 0 bridgehead atoms. The third kappa shape index (κ3) is 2.60. The van der Waals surface area contributed by atoms with Crippen molar-refractivity contribution in [2.24, 2.45) is 0 Å². The van der Waals surface area contributed by atoms with Gasteiger partial charge in [0.1, 0.15) is 11.4 Å². The lowest BCUT2D eigenvalue weighted by Gasteiger charge is -2.37. The third-order valence-electron chi connectivity index (χ3n) is 3.15. The van der Waals surface area contributed by atoms with Gasteiger partial charge in [0.05, 0.1) is 6.42 Å². The summed E-state index contributed by atoms with van der Waals surface area (Å²) in [4.78, 5) is 10.9. The maximum absolute atomic E-state index is 10.9. The van der Waals surface area contributed by atoms with Crippen molar-refractivity contribution in [3.63, 3.8) is 0 Å². The van der Waals surface area contributed by atoms with Crippen LogP contribution in [0.3, 0.4) is 0 Å². The number of carbonyl (C=O) groups is 1. The van der Waals surface area contributed by atoms with Gasteiger partial charge >= 0.3 is 5.97 Å². The van der Waals surface area contributed by atoms with Gasteiger partial charge in [-0.05, 0) is 38.8 Å². The molecular weight excluding hydrogens is 216 g/mol. The predicted octanol–water partition coefficient (Wildman–Crippen LogP) is 3.11. The van der Waals surface area contributed by atoms with Crippen LogP contribution in [-0.4, -0.2) is 16.7 Å². The van der Waals surface area contributed by atoms with E-state index in [4.69, 9.17) is 9.84 Å². The largest absolute Gasteiger partial charge is 0.488 e. The summed E-state index contributed by atoms with van der Waals surface area (Å²) >= 11 is 0. The Morgan fingerprint density at radius 1 is 1.53 bits per heavy atom. The second-order valence-corrected chi connectivity index (χ2v) is 5.40. The van der Waals surface area contributed by atoms with Gasteiger partial charge in [0.15, 0.2) is 0 Å². The van der Waals surface area contributed by atoms with Crippen LogP contribution in [0, 0.1) is 6.92 Å². The Hall–Kier alpha value is -1.51. The van der Waals surface area contributed by atoms with E-state index < -0.39 is 5.97 Å². The number of aliphatic carboxylic acids is 1. The summed E-state index contributed by atoms with van der Waals surface area (Å²) < 4.78 is 5.89. The zero-order chi connectivity index (χ0) is 12.6. The number of hydrogen-bond acceptors (Lipinski definition) is 2. The van der Waals surface area contributed by atoms with Gasteiger partial charge in [-0.3, -0.25) is 4.79 Å². The van der Waals surface area contributed by atoms with Crippen LogP contribution in [0.4, 0.5) is 0 Å². The lowest BCUT2D eigenvalue weighted by Crippen LogP contribution is -2.35. The molecule has 1 heterocycles. The van der Waals surface area contributed by atoms with E-state index in [9.17, 15) is 4.79 Å². The topological polar surface area (TPSA) is 46.5 Å². The number of benzene rings is 1. The van der Waals surface area contributed by atoms with Crippen molar-refractivity contribution in [1.29, 1.82) is 0 Å². The Kier molecular flexibility index (Phi) is 2.86. The quantitative estimate of drug-likeness (QED) is 0.855. The lowest BCUT2D eigenvalue weighted by atomic mass is 9.82. The van der Waals surface area contributed by atoms with Crippen molar-refractivity contribution < 1.29 is 14.6 Å². The molecule has 1 atom stereocenters. The Morgan fingerprint density at radius 3 is 2.88 bits per heavy atom. The van der Waals surface area contributed by atoms with Gasteiger partial charge in [0.2, 0.25) is 0 Å². The normalized spacial score (nSPS) is 21.5. The molecule has 1 aliphatic heterocycles. The van der Waals surface area contributed by atoms with Gasteiger partial charge < -0.3 is 9.84 Å². The summed E-state index contributed by atoms with van der Waals surface area (Å²) in [5.41, 5.74) is 1.89. The standard InChI is InChI=1S/C14H18O3/c1-9-4-5-12-11(6-9)10(7-13(15)16)8-14(2,3)17-12/h4-6,10H,7-8H2,1-3H3,(H,15,16). The molecule has 92 valence electrons. The molecule has 1 unspecified atom stereocenters. The van der Waals surface area contributed by atoms with Crippen molar-refractivity contribution in [2.75, 3.05) is 0 Å². The molecule has 0 saturated heterocycles. The van der Waals surface area contributed by atoms with Gasteiger partial charge in [-0.25, -0.2) is 0 Å². The average molecular weight is 234 g/mol. The molecule has 0 aromatic heterocycles. The van der Waals surface area contributed by atoms with Crippen LogP contribution in [0.15, 0.2) is 18.2 Å². The van der Waals surface area contributed by atoms with Crippen LogP contribution in [0.5, 0.6) is 5.75 Å². The van der Waals surface area contributed by atoms with Crippen molar-refractivity contribution in [3.8, 4) is 5.75 Å². The van der Waals surface area contributed by atoms with E-state index in [1.165, 1.54) is 0 Å². The van der Waals surface area contributed by atoms with Crippen molar-refractivity contribution in [1.82, 2.24) is 0 Å². The van der Waals surface area contributed by atoms with E-state index in [2.05, 4.69) is 0 Å².